The van der Waals surface area contributed by atoms with Crippen LogP contribution in [0.1, 0.15) is 81.6 Å². The molecule has 3 atom stereocenters. The lowest BCUT2D eigenvalue weighted by atomic mass is 9.96. The number of methoxy groups -OCH3 is 1. The Morgan fingerprint density at radius 3 is 2.54 bits per heavy atom. The first-order chi connectivity index (χ1) is 22.8. The molecule has 1 aromatic carbocycles. The Kier molecular flexibility index (Phi) is 13.0. The molecule has 3 amide bonds. The number of rotatable bonds is 14. The van der Waals surface area contributed by atoms with Gasteiger partial charge >= 0.3 is 12.3 Å². The van der Waals surface area contributed by atoms with E-state index in [1.54, 1.807) is 21.0 Å². The van der Waals surface area contributed by atoms with Gasteiger partial charge in [-0.05, 0) is 77.8 Å². The molecule has 1 N–H and O–H groups in total. The van der Waals surface area contributed by atoms with E-state index in [1.807, 2.05) is 0 Å². The lowest BCUT2D eigenvalue weighted by molar-refractivity contribution is -0.172. The van der Waals surface area contributed by atoms with Crippen molar-refractivity contribution in [3.8, 4) is 5.75 Å². The van der Waals surface area contributed by atoms with E-state index in [-0.39, 0.29) is 57.2 Å². The summed E-state index contributed by atoms with van der Waals surface area (Å²) in [6.45, 7) is 6.33. The summed E-state index contributed by atoms with van der Waals surface area (Å²) in [6, 6.07) is 0.699. The molecule has 2 unspecified atom stereocenters. The zero-order chi connectivity index (χ0) is 35.1. The highest BCUT2D eigenvalue weighted by atomic mass is 19.4. The Labute approximate surface area is 279 Å². The Balaban J connectivity index is 1.64. The van der Waals surface area contributed by atoms with E-state index >= 15 is 0 Å². The van der Waals surface area contributed by atoms with E-state index in [0.717, 1.165) is 31.4 Å². The van der Waals surface area contributed by atoms with Crippen LogP contribution in [0.5, 0.6) is 5.75 Å². The summed E-state index contributed by atoms with van der Waals surface area (Å²) in [4.78, 5) is 43.6. The Hall–Kier alpha value is -3.14. The molecule has 12 nitrogen and oxygen atoms in total. The van der Waals surface area contributed by atoms with Crippen LogP contribution in [0.2, 0.25) is 0 Å². The summed E-state index contributed by atoms with van der Waals surface area (Å²) in [7, 11) is 1.55. The highest BCUT2D eigenvalue weighted by molar-refractivity contribution is 6.05. The van der Waals surface area contributed by atoms with E-state index in [4.69, 9.17) is 23.7 Å². The molecule has 0 bridgehead atoms. The summed E-state index contributed by atoms with van der Waals surface area (Å²) in [5.74, 6) is -1.62. The van der Waals surface area contributed by atoms with Crippen molar-refractivity contribution >= 4 is 23.6 Å². The van der Waals surface area contributed by atoms with Gasteiger partial charge in [-0.25, -0.2) is 4.79 Å². The molecule has 3 aliphatic rings. The van der Waals surface area contributed by atoms with E-state index in [2.05, 4.69) is 0 Å². The van der Waals surface area contributed by atoms with Crippen LogP contribution in [0.15, 0.2) is 12.1 Å². The summed E-state index contributed by atoms with van der Waals surface area (Å²) >= 11 is 0. The Morgan fingerprint density at radius 2 is 1.90 bits per heavy atom. The third kappa shape index (κ3) is 9.10. The maximum atomic E-state index is 14.7. The quantitative estimate of drug-likeness (QED) is 0.264. The standard InChI is InChI=1S/C33H48F3N3O9/c1-22(2)39(23-10-9-12-37(20-23)31(42)43)29(40)24-18-26-27(19-25(24)33(34,35)36)48-32(3,30(41)38(26)13-6-8-14-44-4)21-45-16-17-47-28-11-5-7-15-46-28/h18-19,22-23,28H,5-17,20-21H2,1-4H3,(H,42,43)/t23-,28?,32?/m1/s1. The summed E-state index contributed by atoms with van der Waals surface area (Å²) in [5, 5.41) is 9.55. The molecule has 3 aliphatic heterocycles. The SMILES string of the molecule is COCCCCN1C(=O)C(C)(COCCOC2CCCCO2)Oc2cc(C(F)(F)F)c(C(=O)N(C(C)C)[C@@H]3CCCN(C(=O)O)C3)cc21. The van der Waals surface area contributed by atoms with Crippen LogP contribution >= 0.6 is 0 Å². The molecule has 48 heavy (non-hydrogen) atoms. The number of carboxylic acid groups (broad SMARTS) is 1. The second-order valence-electron chi connectivity index (χ2n) is 12.9. The maximum Gasteiger partial charge on any atom is 0.417 e. The van der Waals surface area contributed by atoms with Crippen molar-refractivity contribution in [1.82, 2.24) is 9.80 Å². The van der Waals surface area contributed by atoms with E-state index in [1.165, 1.54) is 21.6 Å². The first kappa shape index (κ1) is 37.7. The fourth-order valence-electron chi connectivity index (χ4n) is 6.45. The molecule has 0 spiro atoms. The van der Waals surface area contributed by atoms with Crippen LogP contribution in [-0.4, -0.2) is 117 Å². The molecule has 0 aliphatic carbocycles. The highest BCUT2D eigenvalue weighted by Crippen LogP contribution is 2.45. The van der Waals surface area contributed by atoms with Crippen LogP contribution in [0.4, 0.5) is 23.7 Å². The minimum atomic E-state index is -4.94. The number of alkyl halides is 3. The van der Waals surface area contributed by atoms with Gasteiger partial charge in [-0.15, -0.1) is 0 Å². The number of hydrogen-bond donors (Lipinski definition) is 1. The topological polar surface area (TPSA) is 127 Å². The molecule has 15 heteroatoms. The van der Waals surface area contributed by atoms with Crippen molar-refractivity contribution in [2.75, 3.05) is 64.7 Å². The first-order valence-corrected chi connectivity index (χ1v) is 16.6. The van der Waals surface area contributed by atoms with Crippen LogP contribution in [-0.2, 0) is 29.9 Å². The molecule has 0 aromatic heterocycles. The molecule has 0 radical (unpaired) electrons. The second-order valence-corrected chi connectivity index (χ2v) is 12.9. The predicted molar refractivity (Wildman–Crippen MR) is 168 cm³/mol. The van der Waals surface area contributed by atoms with Gasteiger partial charge in [-0.1, -0.05) is 0 Å². The zero-order valence-corrected chi connectivity index (χ0v) is 28.2. The van der Waals surface area contributed by atoms with Gasteiger partial charge in [0.1, 0.15) is 5.75 Å². The van der Waals surface area contributed by atoms with Gasteiger partial charge < -0.3 is 43.5 Å². The molecule has 3 heterocycles. The molecule has 2 fully saturated rings. The van der Waals surface area contributed by atoms with Crippen molar-refractivity contribution in [1.29, 1.82) is 0 Å². The van der Waals surface area contributed by atoms with Crippen LogP contribution in [0.3, 0.4) is 0 Å². The molecule has 2 saturated heterocycles. The lowest BCUT2D eigenvalue weighted by Crippen LogP contribution is -2.57. The van der Waals surface area contributed by atoms with E-state index in [9.17, 15) is 32.7 Å². The van der Waals surface area contributed by atoms with Crippen LogP contribution in [0, 0.1) is 0 Å². The molecule has 4 rings (SSSR count). The predicted octanol–water partition coefficient (Wildman–Crippen LogP) is 5.17. The monoisotopic (exact) mass is 687 g/mol. The second kappa shape index (κ2) is 16.5. The van der Waals surface area contributed by atoms with Crippen LogP contribution < -0.4 is 9.64 Å². The molecular weight excluding hydrogens is 639 g/mol. The average molecular weight is 688 g/mol. The van der Waals surface area contributed by atoms with Crippen molar-refractivity contribution in [2.24, 2.45) is 0 Å². The van der Waals surface area contributed by atoms with Gasteiger partial charge in [0.2, 0.25) is 5.60 Å². The van der Waals surface area contributed by atoms with E-state index in [0.29, 0.717) is 38.9 Å². The number of nitrogens with zero attached hydrogens (tertiary/aromatic N) is 3. The van der Waals surface area contributed by atoms with Gasteiger partial charge in [0.05, 0.1) is 42.7 Å². The number of ether oxygens (including phenoxy) is 5. The number of anilines is 1. The third-order valence-corrected chi connectivity index (χ3v) is 8.84. The smallest absolute Gasteiger partial charge is 0.417 e. The number of carbonyl (C=O) groups excluding carboxylic acids is 2. The van der Waals surface area contributed by atoms with Crippen molar-refractivity contribution in [3.63, 3.8) is 0 Å². The average Bonchev–Trinajstić information content (AvgIpc) is 3.04. The van der Waals surface area contributed by atoms with Crippen LogP contribution in [0.25, 0.3) is 0 Å². The Bertz CT molecular complexity index is 1270. The highest BCUT2D eigenvalue weighted by Gasteiger charge is 2.48. The lowest BCUT2D eigenvalue weighted by Gasteiger charge is -2.42. The number of likely N-dealkylation sites (tertiary alicyclic amines) is 1. The van der Waals surface area contributed by atoms with Gasteiger partial charge in [-0.3, -0.25) is 9.59 Å². The number of carbonyl (C=O) groups is 3. The zero-order valence-electron chi connectivity index (χ0n) is 28.2. The van der Waals surface area contributed by atoms with Gasteiger partial charge in [0, 0.05) is 46.0 Å². The third-order valence-electron chi connectivity index (χ3n) is 8.84. The first-order valence-electron chi connectivity index (χ1n) is 16.6. The fourth-order valence-corrected chi connectivity index (χ4v) is 6.45. The Morgan fingerprint density at radius 1 is 1.12 bits per heavy atom. The molecule has 270 valence electrons. The summed E-state index contributed by atoms with van der Waals surface area (Å²) in [5.41, 5.74) is -3.46. The normalized spacial score (nSPS) is 23.2. The van der Waals surface area contributed by atoms with Gasteiger partial charge in [-0.2, -0.15) is 13.2 Å². The molecule has 1 aromatic rings. The number of fused-ring (bicyclic) bond motifs is 1. The summed E-state index contributed by atoms with van der Waals surface area (Å²) in [6.07, 6.45) is -1.72. The largest absolute Gasteiger partial charge is 0.473 e. The van der Waals surface area contributed by atoms with Crippen molar-refractivity contribution < 1.29 is 56.3 Å². The number of benzene rings is 1. The summed E-state index contributed by atoms with van der Waals surface area (Å²) < 4.78 is 72.2. The van der Waals surface area contributed by atoms with Gasteiger partial charge in [0.25, 0.3) is 11.8 Å². The van der Waals surface area contributed by atoms with Crippen molar-refractivity contribution in [3.05, 3.63) is 23.3 Å². The number of hydrogen-bond acceptors (Lipinski definition) is 8. The van der Waals surface area contributed by atoms with Crippen molar-refractivity contribution in [2.45, 2.75) is 95.9 Å². The number of halogens is 3. The number of piperidine rings is 1. The number of amides is 3. The number of unbranched alkanes of at least 4 members (excludes halogenated alkanes) is 1. The fraction of sp³-hybridized carbons (Fsp3) is 0.727. The minimum Gasteiger partial charge on any atom is -0.473 e. The maximum absolute atomic E-state index is 14.7. The van der Waals surface area contributed by atoms with Gasteiger partial charge in [0.15, 0.2) is 6.29 Å². The minimum absolute atomic E-state index is 0.0180. The molecule has 0 saturated carbocycles. The molecular formula is C33H48F3N3O9. The van der Waals surface area contributed by atoms with E-state index < -0.39 is 52.9 Å².